The van der Waals surface area contributed by atoms with Gasteiger partial charge in [0.05, 0.1) is 4.53 Å². The van der Waals surface area contributed by atoms with Crippen LogP contribution in [0, 0.1) is 0 Å². The monoisotopic (exact) mass is 451 g/mol. The number of ether oxygens (including phenoxy) is 1. The van der Waals surface area contributed by atoms with E-state index in [2.05, 4.69) is 32.1 Å². The Morgan fingerprint density at radius 1 is 1.18 bits per heavy atom. The van der Waals surface area contributed by atoms with Crippen molar-refractivity contribution in [2.24, 2.45) is 0 Å². The van der Waals surface area contributed by atoms with E-state index < -0.39 is 0 Å². The summed E-state index contributed by atoms with van der Waals surface area (Å²) in [5, 5.41) is 4.40. The van der Waals surface area contributed by atoms with Crippen LogP contribution in [0.1, 0.15) is 12.5 Å². The van der Waals surface area contributed by atoms with Gasteiger partial charge in [0.15, 0.2) is 5.82 Å². The van der Waals surface area contributed by atoms with Gasteiger partial charge in [0, 0.05) is 15.6 Å². The van der Waals surface area contributed by atoms with Crippen molar-refractivity contribution in [1.82, 2.24) is 14.6 Å². The van der Waals surface area contributed by atoms with Crippen molar-refractivity contribution in [1.29, 1.82) is 0 Å². The predicted octanol–water partition coefficient (Wildman–Crippen LogP) is 3.94. The minimum atomic E-state index is -0.164. The van der Waals surface area contributed by atoms with Crippen LogP contribution in [0.2, 0.25) is 0 Å². The first kappa shape index (κ1) is 17.3. The van der Waals surface area contributed by atoms with Crippen LogP contribution >= 0.6 is 27.3 Å². The molecule has 5 rings (SSSR count). The zero-order valence-corrected chi connectivity index (χ0v) is 17.2. The maximum atomic E-state index is 12.8. The van der Waals surface area contributed by atoms with Crippen LogP contribution in [-0.4, -0.2) is 20.7 Å². The molecule has 0 saturated carbocycles. The first-order valence-electron chi connectivity index (χ1n) is 8.73. The molecule has 2 aromatic heterocycles. The average Bonchev–Trinajstić information content (AvgIpc) is 3.23. The van der Waals surface area contributed by atoms with Gasteiger partial charge in [0.2, 0.25) is 4.96 Å². The zero-order chi connectivity index (χ0) is 19.3. The van der Waals surface area contributed by atoms with Gasteiger partial charge in [0.1, 0.15) is 11.9 Å². The standard InChI is InChI=1S/C21H14BrN3O2S/c1-12-15(10-14-4-2-3-5-17(14)27-12)11-18-20(26)25-21(28-18)23-19(24-25)13-6-8-16(22)9-7-13/h2-12H,1H3/b18-11+/t12-/m1/s1. The minimum Gasteiger partial charge on any atom is -0.485 e. The van der Waals surface area contributed by atoms with Crippen molar-refractivity contribution >= 4 is 44.4 Å². The average molecular weight is 452 g/mol. The smallest absolute Gasteiger partial charge is 0.291 e. The van der Waals surface area contributed by atoms with Crippen LogP contribution < -0.4 is 14.8 Å². The van der Waals surface area contributed by atoms with Crippen molar-refractivity contribution in [3.05, 3.63) is 79.0 Å². The number of aromatic nitrogens is 3. The molecule has 4 aromatic rings. The summed E-state index contributed by atoms with van der Waals surface area (Å²) < 4.78 is 8.91. The van der Waals surface area contributed by atoms with Crippen molar-refractivity contribution in [2.45, 2.75) is 13.0 Å². The normalized spacial score (nSPS) is 16.7. The van der Waals surface area contributed by atoms with Crippen molar-refractivity contribution in [3.8, 4) is 17.1 Å². The summed E-state index contributed by atoms with van der Waals surface area (Å²) in [7, 11) is 0. The van der Waals surface area contributed by atoms with Crippen LogP contribution in [0.4, 0.5) is 0 Å². The number of rotatable bonds is 2. The Hall–Kier alpha value is -2.77. The molecule has 1 aliphatic heterocycles. The van der Waals surface area contributed by atoms with Gasteiger partial charge in [-0.05, 0) is 42.8 Å². The van der Waals surface area contributed by atoms with Crippen LogP contribution in [0.5, 0.6) is 5.75 Å². The number of nitrogens with zero attached hydrogens (tertiary/aromatic N) is 3. The quantitative estimate of drug-likeness (QED) is 0.463. The molecule has 2 aromatic carbocycles. The summed E-state index contributed by atoms with van der Waals surface area (Å²) in [5.41, 5.74) is 2.67. The molecular weight excluding hydrogens is 438 g/mol. The van der Waals surface area contributed by atoms with E-state index >= 15 is 0 Å². The van der Waals surface area contributed by atoms with E-state index in [4.69, 9.17) is 4.74 Å². The molecule has 0 N–H and O–H groups in total. The molecule has 0 radical (unpaired) electrons. The Kier molecular flexibility index (Phi) is 4.14. The molecule has 0 fully saturated rings. The predicted molar refractivity (Wildman–Crippen MR) is 114 cm³/mol. The van der Waals surface area contributed by atoms with Gasteiger partial charge in [0.25, 0.3) is 5.56 Å². The molecular formula is C21H14BrN3O2S. The molecule has 0 aliphatic carbocycles. The van der Waals surface area contributed by atoms with Crippen LogP contribution in [0.25, 0.3) is 28.5 Å². The maximum Gasteiger partial charge on any atom is 0.291 e. The summed E-state index contributed by atoms with van der Waals surface area (Å²) in [4.78, 5) is 17.9. The second-order valence-electron chi connectivity index (χ2n) is 6.49. The highest BCUT2D eigenvalue weighted by atomic mass is 79.9. The molecule has 3 heterocycles. The zero-order valence-electron chi connectivity index (χ0n) is 14.8. The van der Waals surface area contributed by atoms with Crippen molar-refractivity contribution in [2.75, 3.05) is 0 Å². The molecule has 0 unspecified atom stereocenters. The second-order valence-corrected chi connectivity index (χ2v) is 8.42. The Morgan fingerprint density at radius 2 is 1.96 bits per heavy atom. The van der Waals surface area contributed by atoms with Crippen LogP contribution in [-0.2, 0) is 0 Å². The number of hydrogen-bond acceptors (Lipinski definition) is 5. The molecule has 5 nitrogen and oxygen atoms in total. The van der Waals surface area contributed by atoms with Crippen molar-refractivity contribution < 1.29 is 4.74 Å². The van der Waals surface area contributed by atoms with E-state index in [0.29, 0.717) is 15.3 Å². The molecule has 0 spiro atoms. The lowest BCUT2D eigenvalue weighted by atomic mass is 10.0. The Bertz CT molecular complexity index is 1340. The highest BCUT2D eigenvalue weighted by Gasteiger charge is 2.18. The lowest BCUT2D eigenvalue weighted by Crippen LogP contribution is -2.26. The Morgan fingerprint density at radius 3 is 2.75 bits per heavy atom. The molecule has 1 atom stereocenters. The van der Waals surface area contributed by atoms with Gasteiger partial charge in [-0.3, -0.25) is 4.79 Å². The minimum absolute atomic E-state index is 0.130. The molecule has 0 bridgehead atoms. The maximum absolute atomic E-state index is 12.8. The molecule has 0 amide bonds. The molecule has 1 aliphatic rings. The lowest BCUT2D eigenvalue weighted by molar-refractivity contribution is 0.259. The second kappa shape index (κ2) is 6.68. The third kappa shape index (κ3) is 2.96. The third-order valence-corrected chi connectivity index (χ3v) is 6.08. The van der Waals surface area contributed by atoms with Gasteiger partial charge in [-0.1, -0.05) is 57.6 Å². The summed E-state index contributed by atoms with van der Waals surface area (Å²) in [5.74, 6) is 1.40. The van der Waals surface area contributed by atoms with Gasteiger partial charge in [-0.2, -0.15) is 9.50 Å². The largest absolute Gasteiger partial charge is 0.485 e. The van der Waals surface area contributed by atoms with E-state index in [9.17, 15) is 4.79 Å². The summed E-state index contributed by atoms with van der Waals surface area (Å²) in [6.07, 6.45) is 3.81. The van der Waals surface area contributed by atoms with E-state index in [1.807, 2.05) is 61.5 Å². The van der Waals surface area contributed by atoms with Gasteiger partial charge in [-0.25, -0.2) is 0 Å². The highest BCUT2D eigenvalue weighted by Crippen LogP contribution is 2.29. The van der Waals surface area contributed by atoms with Crippen LogP contribution in [0.15, 0.2) is 63.4 Å². The fourth-order valence-electron chi connectivity index (χ4n) is 3.13. The van der Waals surface area contributed by atoms with Crippen molar-refractivity contribution in [3.63, 3.8) is 0 Å². The molecule has 0 saturated heterocycles. The van der Waals surface area contributed by atoms with E-state index in [0.717, 1.165) is 26.9 Å². The Balaban J connectivity index is 1.58. The fraction of sp³-hybridized carbons (Fsp3) is 0.0952. The number of benzene rings is 2. The summed E-state index contributed by atoms with van der Waals surface area (Å²) >= 11 is 4.75. The summed E-state index contributed by atoms with van der Waals surface area (Å²) in [6.45, 7) is 1.98. The Labute approximate surface area is 172 Å². The molecule has 7 heteroatoms. The molecule has 138 valence electrons. The van der Waals surface area contributed by atoms with Gasteiger partial charge >= 0.3 is 0 Å². The third-order valence-electron chi connectivity index (χ3n) is 4.60. The summed E-state index contributed by atoms with van der Waals surface area (Å²) in [6, 6.07) is 15.6. The number of hydrogen-bond donors (Lipinski definition) is 0. The number of para-hydroxylation sites is 1. The SMILES string of the molecule is C[C@H]1Oc2ccccc2C=C1/C=c1/sc2nc(-c3ccc(Br)cc3)nn2c1=O. The van der Waals surface area contributed by atoms with E-state index in [-0.39, 0.29) is 11.7 Å². The highest BCUT2D eigenvalue weighted by molar-refractivity contribution is 9.10. The van der Waals surface area contributed by atoms with E-state index in [1.165, 1.54) is 15.9 Å². The lowest BCUT2D eigenvalue weighted by Gasteiger charge is -2.22. The van der Waals surface area contributed by atoms with Crippen LogP contribution in [0.3, 0.4) is 0 Å². The number of thiazole rings is 1. The van der Waals surface area contributed by atoms with Gasteiger partial charge < -0.3 is 4.74 Å². The fourth-order valence-corrected chi connectivity index (χ4v) is 4.30. The van der Waals surface area contributed by atoms with Gasteiger partial charge in [-0.15, -0.1) is 5.10 Å². The van der Waals surface area contributed by atoms with E-state index in [1.54, 1.807) is 0 Å². The first-order valence-corrected chi connectivity index (χ1v) is 10.3. The topological polar surface area (TPSA) is 56.5 Å². The number of halogens is 1. The number of fused-ring (bicyclic) bond motifs is 2. The first-order chi connectivity index (χ1) is 13.6. The molecule has 28 heavy (non-hydrogen) atoms.